The lowest BCUT2D eigenvalue weighted by Crippen LogP contribution is -2.46. The second-order valence-corrected chi connectivity index (χ2v) is 12.7. The normalized spacial score (nSPS) is 15.9. The number of unbranched alkanes of at least 4 members (excludes halogenated alkanes) is 1. The maximum absolute atomic E-state index is 12.4. The van der Waals surface area contributed by atoms with Gasteiger partial charge in [-0.05, 0) is 75.8 Å². The molecule has 2 aliphatic heterocycles. The van der Waals surface area contributed by atoms with Crippen molar-refractivity contribution in [2.45, 2.75) is 59.8 Å². The van der Waals surface area contributed by atoms with E-state index >= 15 is 0 Å². The van der Waals surface area contributed by atoms with E-state index in [1.807, 2.05) is 44.2 Å². The summed E-state index contributed by atoms with van der Waals surface area (Å²) in [5.74, 6) is 1.56. The number of carbonyl (C=O) groups is 1. The van der Waals surface area contributed by atoms with Crippen molar-refractivity contribution in [2.75, 3.05) is 51.0 Å². The van der Waals surface area contributed by atoms with E-state index in [0.29, 0.717) is 34.9 Å². The standard InChI is InChI=1S/C32H43Cl2N3O4/c1-23(2)21-32(3,4)31(38)41-22-40-29-13-11-24-10-12-25(20-27(24)35-29)39-19-6-5-14-36-15-17-37(18-16-36)28-9-7-8-26(33)30(28)34/h7-10,12,20,23H,5-6,11,13-19,21-22H2,1-4H3. The van der Waals surface area contributed by atoms with E-state index < -0.39 is 5.41 Å². The molecule has 2 aliphatic rings. The minimum atomic E-state index is -0.536. The number of anilines is 1. The lowest BCUT2D eigenvalue weighted by molar-refractivity contribution is -0.162. The van der Waals surface area contributed by atoms with Gasteiger partial charge < -0.3 is 19.1 Å². The van der Waals surface area contributed by atoms with Crippen molar-refractivity contribution in [3.8, 4) is 5.75 Å². The summed E-state index contributed by atoms with van der Waals surface area (Å²) in [4.78, 5) is 21.9. The third-order valence-electron chi connectivity index (χ3n) is 7.58. The van der Waals surface area contributed by atoms with Crippen LogP contribution in [0.25, 0.3) is 0 Å². The van der Waals surface area contributed by atoms with Crippen LogP contribution in [0.4, 0.5) is 11.4 Å². The summed E-state index contributed by atoms with van der Waals surface area (Å²) >= 11 is 12.6. The second-order valence-electron chi connectivity index (χ2n) is 11.9. The topological polar surface area (TPSA) is 63.6 Å². The van der Waals surface area contributed by atoms with Crippen LogP contribution >= 0.6 is 23.2 Å². The lowest BCUT2D eigenvalue weighted by atomic mass is 9.84. The van der Waals surface area contributed by atoms with Crippen LogP contribution in [0.1, 0.15) is 58.9 Å². The second kappa shape index (κ2) is 14.6. The highest BCUT2D eigenvalue weighted by Gasteiger charge is 2.30. The van der Waals surface area contributed by atoms with Crippen molar-refractivity contribution >= 4 is 46.4 Å². The van der Waals surface area contributed by atoms with Crippen LogP contribution in [0, 0.1) is 11.3 Å². The molecule has 0 radical (unpaired) electrons. The summed E-state index contributed by atoms with van der Waals surface area (Å²) in [5.41, 5.74) is 2.50. The fourth-order valence-electron chi connectivity index (χ4n) is 5.51. The van der Waals surface area contributed by atoms with Gasteiger partial charge in [0.1, 0.15) is 5.75 Å². The Morgan fingerprint density at radius 3 is 2.56 bits per heavy atom. The molecule has 2 aromatic rings. The Balaban J connectivity index is 1.15. The Bertz CT molecular complexity index is 1210. The van der Waals surface area contributed by atoms with Crippen molar-refractivity contribution < 1.29 is 19.0 Å². The number of aryl methyl sites for hydroxylation is 1. The van der Waals surface area contributed by atoms with Crippen LogP contribution in [0.2, 0.25) is 10.0 Å². The molecule has 41 heavy (non-hydrogen) atoms. The molecule has 0 aromatic heterocycles. The zero-order chi connectivity index (χ0) is 29.4. The van der Waals surface area contributed by atoms with Gasteiger partial charge in [-0.15, -0.1) is 0 Å². The summed E-state index contributed by atoms with van der Waals surface area (Å²) < 4.78 is 17.1. The Hall–Kier alpha value is -2.48. The van der Waals surface area contributed by atoms with Crippen molar-refractivity contribution in [1.29, 1.82) is 0 Å². The number of rotatable bonds is 12. The zero-order valence-electron chi connectivity index (χ0n) is 24.8. The summed E-state index contributed by atoms with van der Waals surface area (Å²) in [6.45, 7) is 13.5. The smallest absolute Gasteiger partial charge is 0.314 e. The first-order valence-electron chi connectivity index (χ1n) is 14.7. The molecule has 4 rings (SSSR count). The number of hydrogen-bond acceptors (Lipinski definition) is 7. The number of benzene rings is 2. The zero-order valence-corrected chi connectivity index (χ0v) is 26.3. The molecule has 1 saturated heterocycles. The van der Waals surface area contributed by atoms with Crippen molar-refractivity contribution in [3.05, 3.63) is 52.0 Å². The highest BCUT2D eigenvalue weighted by Crippen LogP contribution is 2.33. The van der Waals surface area contributed by atoms with E-state index in [0.717, 1.165) is 81.1 Å². The molecule has 0 N–H and O–H groups in total. The van der Waals surface area contributed by atoms with Gasteiger partial charge in [0, 0.05) is 38.7 Å². The monoisotopic (exact) mass is 603 g/mol. The van der Waals surface area contributed by atoms with Gasteiger partial charge in [-0.1, -0.05) is 49.2 Å². The summed E-state index contributed by atoms with van der Waals surface area (Å²) in [6.07, 6.45) is 4.33. The van der Waals surface area contributed by atoms with E-state index in [4.69, 9.17) is 37.4 Å². The minimum Gasteiger partial charge on any atom is -0.494 e. The van der Waals surface area contributed by atoms with Gasteiger partial charge in [-0.25, -0.2) is 4.99 Å². The summed E-state index contributed by atoms with van der Waals surface area (Å²) in [6, 6.07) is 11.9. The molecule has 0 saturated carbocycles. The van der Waals surface area contributed by atoms with Crippen molar-refractivity contribution in [3.63, 3.8) is 0 Å². The molecule has 0 spiro atoms. The maximum Gasteiger partial charge on any atom is 0.314 e. The number of aliphatic imine (C=N–C) groups is 1. The molecule has 2 aromatic carbocycles. The van der Waals surface area contributed by atoms with Gasteiger partial charge in [0.2, 0.25) is 6.79 Å². The summed E-state index contributed by atoms with van der Waals surface area (Å²) in [7, 11) is 0. The van der Waals surface area contributed by atoms with Gasteiger partial charge >= 0.3 is 5.97 Å². The molecule has 1 fully saturated rings. The molecule has 7 nitrogen and oxygen atoms in total. The van der Waals surface area contributed by atoms with Crippen LogP contribution < -0.4 is 9.64 Å². The molecule has 224 valence electrons. The number of nitrogens with zero attached hydrogens (tertiary/aromatic N) is 3. The average molecular weight is 605 g/mol. The number of ether oxygens (including phenoxy) is 3. The third kappa shape index (κ3) is 9.00. The Labute approximate surface area is 254 Å². The molecule has 0 amide bonds. The first kappa shape index (κ1) is 31.5. The van der Waals surface area contributed by atoms with Crippen molar-refractivity contribution in [2.24, 2.45) is 16.3 Å². The lowest BCUT2D eigenvalue weighted by Gasteiger charge is -2.36. The first-order chi connectivity index (χ1) is 19.6. The van der Waals surface area contributed by atoms with Gasteiger partial charge in [0.05, 0.1) is 33.4 Å². The maximum atomic E-state index is 12.4. The van der Waals surface area contributed by atoms with Crippen LogP contribution in [-0.4, -0.2) is 62.9 Å². The van der Waals surface area contributed by atoms with Crippen LogP contribution in [0.15, 0.2) is 41.4 Å². The fraction of sp³-hybridized carbons (Fsp3) is 0.562. The van der Waals surface area contributed by atoms with Crippen molar-refractivity contribution in [1.82, 2.24) is 4.90 Å². The average Bonchev–Trinajstić information content (AvgIpc) is 2.94. The number of fused-ring (bicyclic) bond motifs is 1. The Morgan fingerprint density at radius 1 is 1.02 bits per heavy atom. The number of hydrogen-bond donors (Lipinski definition) is 0. The minimum absolute atomic E-state index is 0.117. The van der Waals surface area contributed by atoms with E-state index in [1.165, 1.54) is 0 Å². The van der Waals surface area contributed by atoms with E-state index in [-0.39, 0.29) is 12.8 Å². The van der Waals surface area contributed by atoms with E-state index in [9.17, 15) is 4.79 Å². The highest BCUT2D eigenvalue weighted by molar-refractivity contribution is 6.43. The van der Waals surface area contributed by atoms with Gasteiger partial charge in [-0.3, -0.25) is 9.69 Å². The Kier molecular flexibility index (Phi) is 11.2. The number of esters is 1. The van der Waals surface area contributed by atoms with Crippen LogP contribution in [-0.2, 0) is 20.7 Å². The van der Waals surface area contributed by atoms with Gasteiger partial charge in [0.25, 0.3) is 0 Å². The van der Waals surface area contributed by atoms with Crippen LogP contribution in [0.5, 0.6) is 5.75 Å². The molecule has 0 aliphatic carbocycles. The van der Waals surface area contributed by atoms with Crippen LogP contribution in [0.3, 0.4) is 0 Å². The molecule has 2 heterocycles. The highest BCUT2D eigenvalue weighted by atomic mass is 35.5. The molecule has 0 atom stereocenters. The molecule has 9 heteroatoms. The predicted molar refractivity (Wildman–Crippen MR) is 167 cm³/mol. The molecule has 0 unspecified atom stereocenters. The number of halogens is 2. The summed E-state index contributed by atoms with van der Waals surface area (Å²) in [5, 5.41) is 1.24. The van der Waals surface area contributed by atoms with E-state index in [2.05, 4.69) is 34.7 Å². The largest absolute Gasteiger partial charge is 0.494 e. The number of piperazine rings is 1. The van der Waals surface area contributed by atoms with Gasteiger partial charge in [-0.2, -0.15) is 0 Å². The third-order valence-corrected chi connectivity index (χ3v) is 8.39. The number of carbonyl (C=O) groups excluding carboxylic acids is 1. The predicted octanol–water partition coefficient (Wildman–Crippen LogP) is 7.54. The van der Waals surface area contributed by atoms with Gasteiger partial charge in [0.15, 0.2) is 5.90 Å². The first-order valence-corrected chi connectivity index (χ1v) is 15.4. The van der Waals surface area contributed by atoms with E-state index in [1.54, 1.807) is 0 Å². The molecular weight excluding hydrogens is 561 g/mol. The fourth-order valence-corrected chi connectivity index (χ4v) is 5.93. The quantitative estimate of drug-likeness (QED) is 0.142. The molecule has 0 bridgehead atoms. The molecular formula is C32H43Cl2N3O4. The SMILES string of the molecule is CC(C)CC(C)(C)C(=O)OCOC1=Nc2cc(OCCCCN3CCN(c4cccc(Cl)c4Cl)CC3)ccc2CC1. The Morgan fingerprint density at radius 2 is 1.80 bits per heavy atom.